The fourth-order valence-electron chi connectivity index (χ4n) is 6.38. The molecule has 294 valence electrons. The number of aromatic nitrogens is 3. The first-order chi connectivity index (χ1) is 26.9. The molecule has 1 aliphatic rings. The normalized spacial score (nSPS) is 15.0. The average Bonchev–Trinajstić information content (AvgIpc) is 3.86. The van der Waals surface area contributed by atoms with Crippen molar-refractivity contribution in [1.29, 1.82) is 0 Å². The molecule has 4 amide bonds. The number of rotatable bonds is 16. The number of nitrogens with two attached hydrogens (primary N) is 1. The average molecular weight is 787 g/mol. The van der Waals surface area contributed by atoms with Crippen LogP contribution >= 0.6 is 0 Å². The fourth-order valence-corrected chi connectivity index (χ4v) is 7.71. The van der Waals surface area contributed by atoms with Gasteiger partial charge in [-0.3, -0.25) is 24.5 Å². The molecule has 6 rings (SSSR count). The minimum atomic E-state index is -4.47. The van der Waals surface area contributed by atoms with Gasteiger partial charge in [-0.25, -0.2) is 23.2 Å². The number of hydroxylamine groups is 1. The van der Waals surface area contributed by atoms with Crippen LogP contribution in [0, 0.1) is 0 Å². The van der Waals surface area contributed by atoms with E-state index in [2.05, 4.69) is 35.6 Å². The third-order valence-corrected chi connectivity index (χ3v) is 10.9. The van der Waals surface area contributed by atoms with Crippen LogP contribution in [0.2, 0.25) is 0 Å². The highest BCUT2D eigenvalue weighted by Crippen LogP contribution is 2.28. The lowest BCUT2D eigenvalue weighted by molar-refractivity contribution is -0.146. The molecule has 2 aromatic heterocycles. The number of amides is 4. The van der Waals surface area contributed by atoms with E-state index in [1.807, 2.05) is 12.1 Å². The highest BCUT2D eigenvalue weighted by atomic mass is 32.2. The van der Waals surface area contributed by atoms with Gasteiger partial charge >= 0.3 is 6.09 Å². The lowest BCUT2D eigenvalue weighted by atomic mass is 10.00. The molecule has 7 N–H and O–H groups in total. The monoisotopic (exact) mass is 786 g/mol. The number of nitrogens with one attached hydrogen (secondary N) is 4. The van der Waals surface area contributed by atoms with Crippen LogP contribution in [0.4, 0.5) is 10.7 Å². The zero-order valence-corrected chi connectivity index (χ0v) is 31.2. The summed E-state index contributed by atoms with van der Waals surface area (Å²) in [5.41, 5.74) is 7.38. The summed E-state index contributed by atoms with van der Waals surface area (Å²) in [7, 11) is -3.28. The molecule has 2 heterocycles. The number of para-hydroxylation sites is 1. The maximum absolute atomic E-state index is 14.3. The smallest absolute Gasteiger partial charge is 0.413 e. The molecule has 3 aromatic carbocycles. The number of ether oxygens (including phenoxy) is 1. The zero-order valence-electron chi connectivity index (χ0n) is 30.4. The molecule has 5 aromatic rings. The van der Waals surface area contributed by atoms with Gasteiger partial charge in [-0.05, 0) is 55.2 Å². The number of carbonyl (C=O) groups excluding carboxylic acids is 4. The summed E-state index contributed by atoms with van der Waals surface area (Å²) in [4.78, 5) is 68.3. The van der Waals surface area contributed by atoms with Crippen molar-refractivity contribution in [2.45, 2.75) is 67.7 Å². The summed E-state index contributed by atoms with van der Waals surface area (Å²) >= 11 is 0. The van der Waals surface area contributed by atoms with Crippen molar-refractivity contribution < 1.29 is 42.3 Å². The third-order valence-electron chi connectivity index (χ3n) is 9.28. The number of hydrogen-bond acceptors (Lipinski definition) is 11. The van der Waals surface area contributed by atoms with Gasteiger partial charge in [0.05, 0.1) is 59.8 Å². The molecule has 1 saturated carbocycles. The predicted octanol–water partition coefficient (Wildman–Crippen LogP) is 2.92. The van der Waals surface area contributed by atoms with Crippen LogP contribution in [-0.2, 0) is 35.6 Å². The summed E-state index contributed by atoms with van der Waals surface area (Å²) in [6.07, 6.45) is -0.508. The van der Waals surface area contributed by atoms with Crippen LogP contribution in [0.15, 0.2) is 89.8 Å². The Morgan fingerprint density at radius 2 is 1.68 bits per heavy atom. The standard InChI is InChI=1S/C38H42N8O9S/c1-54-38(51)45-37-43-28-18-16-26(20-30(28)44-37)56(52,53)46(55-25-12-6-7-13-25)22-33(47)31(19-23-9-3-2-4-10-23)41-36(50)32(21-34(39)48)42-35(49)29-17-15-24-11-5-8-14-27(24)40-29/h2-5,8-11,14-18,20,25,31-33,47H,6-7,12-13,19,21-22H2,1H3,(H2,39,48)(H,41,50)(H,42,49)(H2,43,44,45,51)/t31-,32-,33+/m0/s1. The number of nitrogens with zero attached hydrogens (tertiary/aromatic N) is 3. The fraction of sp³-hybridized carbons (Fsp3) is 0.316. The number of pyridine rings is 1. The summed E-state index contributed by atoms with van der Waals surface area (Å²) in [6.45, 7) is -0.610. The number of carbonyl (C=O) groups is 4. The Morgan fingerprint density at radius 3 is 2.41 bits per heavy atom. The van der Waals surface area contributed by atoms with Crippen LogP contribution in [0.1, 0.15) is 48.2 Å². The van der Waals surface area contributed by atoms with E-state index in [4.69, 9.17) is 10.6 Å². The SMILES string of the molecule is COC(=O)Nc1nc2ccc(S(=O)(=O)N(C[C@@H](O)[C@H](Cc3ccccc3)NC(=O)[C@H](CC(N)=O)NC(=O)c3ccc4ccccc4n3)OC3CCCC3)cc2[nH]1. The topological polar surface area (TPSA) is 248 Å². The first-order valence-corrected chi connectivity index (χ1v) is 19.3. The molecule has 18 heteroatoms. The molecular formula is C38H42N8O9S. The summed E-state index contributed by atoms with van der Waals surface area (Å²) < 4.78 is 33.9. The van der Waals surface area contributed by atoms with Crippen LogP contribution in [0.5, 0.6) is 0 Å². The number of aliphatic hydroxyl groups is 1. The van der Waals surface area contributed by atoms with Gasteiger partial charge in [-0.1, -0.05) is 71.9 Å². The minimum absolute atomic E-state index is 0.000944. The van der Waals surface area contributed by atoms with Crippen molar-refractivity contribution in [3.05, 3.63) is 96.2 Å². The molecule has 17 nitrogen and oxygen atoms in total. The van der Waals surface area contributed by atoms with Gasteiger partial charge in [0.25, 0.3) is 15.9 Å². The van der Waals surface area contributed by atoms with Crippen LogP contribution in [0.3, 0.4) is 0 Å². The molecule has 0 unspecified atom stereocenters. The molecule has 1 aliphatic carbocycles. The summed E-state index contributed by atoms with van der Waals surface area (Å²) in [6, 6.07) is 20.7. The van der Waals surface area contributed by atoms with Gasteiger partial charge in [-0.2, -0.15) is 0 Å². The van der Waals surface area contributed by atoms with Crippen LogP contribution < -0.4 is 21.7 Å². The molecule has 0 saturated heterocycles. The van der Waals surface area contributed by atoms with Crippen molar-refractivity contribution in [1.82, 2.24) is 30.1 Å². The number of primary amides is 1. The number of sulfonamides is 1. The first kappa shape index (κ1) is 39.7. The maximum Gasteiger partial charge on any atom is 0.413 e. The Balaban J connectivity index is 1.26. The van der Waals surface area contributed by atoms with Crippen molar-refractivity contribution >= 4 is 61.7 Å². The number of hydrogen-bond donors (Lipinski definition) is 6. The number of benzene rings is 3. The number of H-pyrrole nitrogens is 1. The number of aromatic amines is 1. The van der Waals surface area contributed by atoms with Gasteiger partial charge in [0, 0.05) is 5.39 Å². The Bertz CT molecular complexity index is 2320. The number of anilines is 1. The van der Waals surface area contributed by atoms with E-state index in [1.54, 1.807) is 48.5 Å². The second-order valence-electron chi connectivity index (χ2n) is 13.3. The van der Waals surface area contributed by atoms with Gasteiger partial charge in [-0.15, -0.1) is 0 Å². The highest BCUT2D eigenvalue weighted by Gasteiger charge is 2.36. The zero-order chi connectivity index (χ0) is 39.8. The van der Waals surface area contributed by atoms with E-state index in [9.17, 15) is 32.7 Å². The van der Waals surface area contributed by atoms with Crippen molar-refractivity contribution in [2.24, 2.45) is 5.73 Å². The van der Waals surface area contributed by atoms with Gasteiger partial charge in [0.2, 0.25) is 17.8 Å². The van der Waals surface area contributed by atoms with E-state index >= 15 is 0 Å². The van der Waals surface area contributed by atoms with Crippen molar-refractivity contribution in [3.63, 3.8) is 0 Å². The third kappa shape index (κ3) is 9.82. The lowest BCUT2D eigenvalue weighted by Gasteiger charge is -2.31. The second-order valence-corrected chi connectivity index (χ2v) is 15.2. The van der Waals surface area contributed by atoms with E-state index in [0.717, 1.165) is 22.7 Å². The van der Waals surface area contributed by atoms with E-state index in [1.165, 1.54) is 31.4 Å². The number of aliphatic hydroxyl groups excluding tert-OH is 1. The molecule has 0 radical (unpaired) electrons. The van der Waals surface area contributed by atoms with E-state index < -0.39 is 71.1 Å². The molecule has 0 aliphatic heterocycles. The van der Waals surface area contributed by atoms with Gasteiger partial charge < -0.3 is 31.2 Å². The summed E-state index contributed by atoms with van der Waals surface area (Å²) in [5.74, 6) is -2.41. The molecule has 0 spiro atoms. The number of fused-ring (bicyclic) bond motifs is 2. The second kappa shape index (κ2) is 17.7. The molecule has 1 fully saturated rings. The largest absolute Gasteiger partial charge is 0.453 e. The molecular weight excluding hydrogens is 745 g/mol. The van der Waals surface area contributed by atoms with Crippen LogP contribution in [0.25, 0.3) is 21.9 Å². The molecule has 56 heavy (non-hydrogen) atoms. The quantitative estimate of drug-likeness (QED) is 0.0794. The van der Waals surface area contributed by atoms with Crippen molar-refractivity contribution in [3.8, 4) is 0 Å². The first-order valence-electron chi connectivity index (χ1n) is 17.9. The Labute approximate surface area is 322 Å². The van der Waals surface area contributed by atoms with Gasteiger partial charge in [0.1, 0.15) is 11.7 Å². The summed E-state index contributed by atoms with van der Waals surface area (Å²) in [5, 5.41) is 20.3. The Morgan fingerprint density at radius 1 is 0.946 bits per heavy atom. The lowest BCUT2D eigenvalue weighted by Crippen LogP contribution is -2.56. The minimum Gasteiger partial charge on any atom is -0.453 e. The number of imidazole rings is 1. The van der Waals surface area contributed by atoms with Crippen molar-refractivity contribution in [2.75, 3.05) is 19.0 Å². The molecule has 0 bridgehead atoms. The van der Waals surface area contributed by atoms with E-state index in [0.29, 0.717) is 29.4 Å². The highest BCUT2D eigenvalue weighted by molar-refractivity contribution is 7.89. The molecule has 3 atom stereocenters. The van der Waals surface area contributed by atoms with E-state index in [-0.39, 0.29) is 28.5 Å². The predicted molar refractivity (Wildman–Crippen MR) is 204 cm³/mol. The maximum atomic E-state index is 14.3. The Kier molecular flexibility index (Phi) is 12.5. The Hall–Kier alpha value is -5.95. The van der Waals surface area contributed by atoms with Crippen LogP contribution in [-0.4, -0.2) is 94.7 Å². The number of methoxy groups -OCH3 is 1. The van der Waals surface area contributed by atoms with Gasteiger partial charge in [0.15, 0.2) is 0 Å².